The molecule has 1 nitrogen and oxygen atoms in total. The quantitative estimate of drug-likeness (QED) is 0.574. The fourth-order valence-corrected chi connectivity index (χ4v) is 3.77. The van der Waals surface area contributed by atoms with Crippen LogP contribution in [0.1, 0.15) is 57.4 Å². The maximum absolute atomic E-state index is 3.55. The summed E-state index contributed by atoms with van der Waals surface area (Å²) in [7, 11) is 0. The van der Waals surface area contributed by atoms with E-state index in [4.69, 9.17) is 0 Å². The zero-order valence-corrected chi connectivity index (χ0v) is 13.2. The summed E-state index contributed by atoms with van der Waals surface area (Å²) in [6.45, 7) is 3.29. The van der Waals surface area contributed by atoms with E-state index in [9.17, 15) is 0 Å². The first-order valence-corrected chi connectivity index (χ1v) is 8.68. The van der Waals surface area contributed by atoms with E-state index in [0.717, 1.165) is 24.9 Å². The topological polar surface area (TPSA) is 3.01 Å². The molecule has 0 amide bonds. The van der Waals surface area contributed by atoms with Gasteiger partial charge in [-0.25, -0.2) is 0 Å². The Morgan fingerprint density at radius 1 is 1.10 bits per heavy atom. The highest BCUT2D eigenvalue weighted by atomic mass is 15.3. The summed E-state index contributed by atoms with van der Waals surface area (Å²) in [6, 6.07) is 12.1. The third kappa shape index (κ3) is 3.69. The van der Waals surface area contributed by atoms with Crippen molar-refractivity contribution in [2.24, 2.45) is 5.92 Å². The Balaban J connectivity index is 1.66. The van der Waals surface area contributed by atoms with Crippen molar-refractivity contribution in [1.29, 1.82) is 0 Å². The van der Waals surface area contributed by atoms with Crippen molar-refractivity contribution < 1.29 is 0 Å². The minimum atomic E-state index is 0.528. The summed E-state index contributed by atoms with van der Waals surface area (Å²) in [5, 5.41) is 0. The highest BCUT2D eigenvalue weighted by molar-refractivity contribution is 5.26. The van der Waals surface area contributed by atoms with Crippen LogP contribution in [0.25, 0.3) is 0 Å². The Labute approximate surface area is 129 Å². The maximum atomic E-state index is 3.55. The monoisotopic (exact) mass is 281 g/mol. The molecule has 1 aliphatic heterocycles. The van der Waals surface area contributed by atoms with Crippen molar-refractivity contribution in [2.75, 3.05) is 0 Å². The Hall–Kier alpha value is -1.26. The normalized spacial score (nSPS) is 28.7. The van der Waals surface area contributed by atoms with Crippen LogP contribution >= 0.6 is 0 Å². The summed E-state index contributed by atoms with van der Waals surface area (Å²) in [5.41, 5.74) is 1.43. The Morgan fingerprint density at radius 2 is 1.86 bits per heavy atom. The Kier molecular flexibility index (Phi) is 4.99. The van der Waals surface area contributed by atoms with Gasteiger partial charge in [0.2, 0.25) is 0 Å². The van der Waals surface area contributed by atoms with Gasteiger partial charge in [0.05, 0.1) is 6.04 Å². The smallest absolute Gasteiger partial charge is 0.0881 e. The fraction of sp³-hybridized carbons (Fsp3) is 0.600. The second kappa shape index (κ2) is 7.14. The largest absolute Gasteiger partial charge is 0.278 e. The van der Waals surface area contributed by atoms with Gasteiger partial charge in [-0.1, -0.05) is 62.4 Å². The van der Waals surface area contributed by atoms with Gasteiger partial charge in [0, 0.05) is 19.0 Å². The maximum Gasteiger partial charge on any atom is 0.0881 e. The van der Waals surface area contributed by atoms with Gasteiger partial charge < -0.3 is 0 Å². The number of hydrogen-bond acceptors (Lipinski definition) is 1. The summed E-state index contributed by atoms with van der Waals surface area (Å²) >= 11 is 0. The molecule has 1 saturated carbocycles. The van der Waals surface area contributed by atoms with Crippen LogP contribution in [-0.2, 0) is 6.54 Å². The van der Waals surface area contributed by atoms with Gasteiger partial charge in [0.15, 0.2) is 0 Å². The molecule has 112 valence electrons. The minimum Gasteiger partial charge on any atom is -0.278 e. The fourth-order valence-electron chi connectivity index (χ4n) is 3.77. The molecular formula is C20H27N. The average molecular weight is 281 g/mol. The molecule has 1 unspecified atom stereocenters. The first kappa shape index (κ1) is 14.7. The molecule has 1 saturated heterocycles. The van der Waals surface area contributed by atoms with Gasteiger partial charge >= 0.3 is 0 Å². The van der Waals surface area contributed by atoms with Gasteiger partial charge in [-0.05, 0) is 30.7 Å². The molecule has 0 N–H and O–H groups in total. The van der Waals surface area contributed by atoms with Crippen LogP contribution in [0.4, 0.5) is 0 Å². The van der Waals surface area contributed by atoms with E-state index in [-0.39, 0.29) is 0 Å². The van der Waals surface area contributed by atoms with Crippen LogP contribution < -0.4 is 0 Å². The van der Waals surface area contributed by atoms with Gasteiger partial charge in [0.1, 0.15) is 0 Å². The Bertz CT molecular complexity index is 490. The number of nitrogens with zero attached hydrogens (tertiary/aromatic N) is 1. The molecule has 3 rings (SSSR count). The summed E-state index contributed by atoms with van der Waals surface area (Å²) in [6.07, 6.45) is 9.35. The molecule has 2 aliphatic rings. The van der Waals surface area contributed by atoms with E-state index in [0.29, 0.717) is 6.04 Å². The highest BCUT2D eigenvalue weighted by Crippen LogP contribution is 2.42. The molecule has 1 heterocycles. The minimum absolute atomic E-state index is 0.528. The predicted molar refractivity (Wildman–Crippen MR) is 88.8 cm³/mol. The predicted octanol–water partition coefficient (Wildman–Crippen LogP) is 4.62. The number of benzene rings is 1. The molecule has 1 aromatic carbocycles. The van der Waals surface area contributed by atoms with Crippen LogP contribution in [0, 0.1) is 17.8 Å². The van der Waals surface area contributed by atoms with Gasteiger partial charge in [-0.3, -0.25) is 4.90 Å². The van der Waals surface area contributed by atoms with Crippen molar-refractivity contribution in [1.82, 2.24) is 4.90 Å². The lowest BCUT2D eigenvalue weighted by molar-refractivity contribution is 0.309. The first-order valence-electron chi connectivity index (χ1n) is 8.68. The van der Waals surface area contributed by atoms with Crippen molar-refractivity contribution in [3.63, 3.8) is 0 Å². The molecule has 1 heteroatoms. The Morgan fingerprint density at radius 3 is 2.57 bits per heavy atom. The van der Waals surface area contributed by atoms with Gasteiger partial charge in [0.25, 0.3) is 0 Å². The van der Waals surface area contributed by atoms with Crippen LogP contribution in [0.3, 0.4) is 0 Å². The van der Waals surface area contributed by atoms with E-state index in [1.54, 1.807) is 0 Å². The van der Waals surface area contributed by atoms with Crippen LogP contribution in [-0.4, -0.2) is 17.0 Å². The van der Waals surface area contributed by atoms with Crippen LogP contribution in [0.5, 0.6) is 0 Å². The molecule has 0 aromatic heterocycles. The zero-order valence-electron chi connectivity index (χ0n) is 13.2. The summed E-state index contributed by atoms with van der Waals surface area (Å²) in [4.78, 5) is 2.63. The lowest BCUT2D eigenvalue weighted by Gasteiger charge is -2.21. The van der Waals surface area contributed by atoms with Crippen molar-refractivity contribution in [2.45, 2.75) is 70.5 Å². The molecule has 3 atom stereocenters. The zero-order chi connectivity index (χ0) is 14.5. The molecule has 1 aliphatic carbocycles. The van der Waals surface area contributed by atoms with Crippen molar-refractivity contribution >= 4 is 0 Å². The molecule has 0 bridgehead atoms. The van der Waals surface area contributed by atoms with E-state index in [1.165, 1.54) is 44.1 Å². The molecule has 1 aromatic rings. The third-order valence-electron chi connectivity index (χ3n) is 4.94. The number of unbranched alkanes of at least 4 members (excludes halogenated alkanes) is 1. The second-order valence-electron chi connectivity index (χ2n) is 6.56. The molecule has 2 fully saturated rings. The summed E-state index contributed by atoms with van der Waals surface area (Å²) in [5.74, 6) is 7.83. The number of rotatable bonds is 4. The van der Waals surface area contributed by atoms with Crippen molar-refractivity contribution in [3.8, 4) is 11.8 Å². The van der Waals surface area contributed by atoms with E-state index >= 15 is 0 Å². The van der Waals surface area contributed by atoms with Gasteiger partial charge in [-0.15, -0.1) is 5.92 Å². The van der Waals surface area contributed by atoms with Crippen LogP contribution in [0.15, 0.2) is 30.3 Å². The third-order valence-corrected chi connectivity index (χ3v) is 4.94. The molecule has 0 spiro atoms. The van der Waals surface area contributed by atoms with E-state index in [1.807, 2.05) is 0 Å². The molecule has 21 heavy (non-hydrogen) atoms. The molecular weight excluding hydrogens is 254 g/mol. The van der Waals surface area contributed by atoms with Gasteiger partial charge in [-0.2, -0.15) is 0 Å². The molecule has 0 radical (unpaired) electrons. The second-order valence-corrected chi connectivity index (χ2v) is 6.56. The lowest BCUT2D eigenvalue weighted by atomic mass is 9.86. The average Bonchev–Trinajstić information content (AvgIpc) is 3.22. The standard InChI is InChI=1S/C20H27N/c1-2-3-6-15-19-20(18-13-9-5-10-14-18)21(19)16-17-11-7-4-8-12-17/h4,7-8,11-12,18-20H,2-3,5,9-10,13-14,16H2,1H3/t19-,20-,21?/m1/s1. The van der Waals surface area contributed by atoms with Crippen molar-refractivity contribution in [3.05, 3.63) is 35.9 Å². The number of hydrogen-bond donors (Lipinski definition) is 0. The lowest BCUT2D eigenvalue weighted by Crippen LogP contribution is -2.17. The van der Waals surface area contributed by atoms with E-state index < -0.39 is 0 Å². The highest BCUT2D eigenvalue weighted by Gasteiger charge is 2.50. The van der Waals surface area contributed by atoms with Crippen LogP contribution in [0.2, 0.25) is 0 Å². The SMILES string of the molecule is CCCC#C[C@@H]1[C@@H](C2CCCCC2)N1Cc1ccccc1. The summed E-state index contributed by atoms with van der Waals surface area (Å²) < 4.78 is 0. The first-order chi connectivity index (χ1) is 10.4. The van der Waals surface area contributed by atoms with E-state index in [2.05, 4.69) is 54.0 Å².